The molecule has 1 nitrogen and oxygen atoms in total. The van der Waals surface area contributed by atoms with Crippen LogP contribution in [-0.2, 0) is 6.42 Å². The van der Waals surface area contributed by atoms with E-state index in [-0.39, 0.29) is 0 Å². The van der Waals surface area contributed by atoms with Crippen LogP contribution >= 0.6 is 0 Å². The van der Waals surface area contributed by atoms with Crippen molar-refractivity contribution in [2.75, 3.05) is 6.54 Å². The van der Waals surface area contributed by atoms with E-state index in [1.165, 1.54) is 56.1 Å². The van der Waals surface area contributed by atoms with Crippen LogP contribution in [0.4, 0.5) is 0 Å². The molecule has 0 fully saturated rings. The van der Waals surface area contributed by atoms with Gasteiger partial charge in [0.05, 0.1) is 0 Å². The van der Waals surface area contributed by atoms with Crippen LogP contribution in [0.1, 0.15) is 64.9 Å². The molecule has 0 N–H and O–H groups in total. The lowest BCUT2D eigenvalue weighted by Gasteiger charge is -2.02. The summed E-state index contributed by atoms with van der Waals surface area (Å²) in [6.07, 6.45) is 15.5. The summed E-state index contributed by atoms with van der Waals surface area (Å²) in [6, 6.07) is 10.8. The lowest BCUT2D eigenvalue weighted by atomic mass is 10.1. The molecule has 0 saturated heterocycles. The molecule has 0 spiro atoms. The zero-order chi connectivity index (χ0) is 16.8. The van der Waals surface area contributed by atoms with E-state index in [1.807, 2.05) is 6.92 Å². The van der Waals surface area contributed by atoms with Crippen molar-refractivity contribution in [2.45, 2.75) is 65.7 Å². The predicted octanol–water partition coefficient (Wildman–Crippen LogP) is 6.55. The Morgan fingerprint density at radius 1 is 0.913 bits per heavy atom. The molecule has 0 aliphatic rings. The third kappa shape index (κ3) is 10.7. The van der Waals surface area contributed by atoms with E-state index >= 15 is 0 Å². The third-order valence-electron chi connectivity index (χ3n) is 3.94. The standard InChI is InChI=1S/C22H33N/c1-4-14-20(2)19-21(3)23-18-13-8-6-5-7-10-15-22-16-11-9-12-17-22/h4,9,11-12,14,16-17,19H,5-8,10,13,15,18H2,1-3H3/b14-4-,20-19-,23-21+. The number of hydrogen-bond donors (Lipinski definition) is 0. The lowest BCUT2D eigenvalue weighted by Crippen LogP contribution is -1.91. The Morgan fingerprint density at radius 2 is 1.57 bits per heavy atom. The lowest BCUT2D eigenvalue weighted by molar-refractivity contribution is 0.598. The minimum Gasteiger partial charge on any atom is -0.290 e. The Labute approximate surface area is 143 Å². The van der Waals surface area contributed by atoms with Gasteiger partial charge in [-0.1, -0.05) is 68.2 Å². The van der Waals surface area contributed by atoms with Gasteiger partial charge in [0.1, 0.15) is 0 Å². The van der Waals surface area contributed by atoms with E-state index in [2.05, 4.69) is 67.4 Å². The van der Waals surface area contributed by atoms with Gasteiger partial charge in [-0.05, 0) is 57.2 Å². The largest absolute Gasteiger partial charge is 0.290 e. The van der Waals surface area contributed by atoms with Crippen molar-refractivity contribution in [1.82, 2.24) is 0 Å². The maximum atomic E-state index is 4.63. The Hall–Kier alpha value is -1.63. The molecular formula is C22H33N. The minimum atomic E-state index is 0.968. The van der Waals surface area contributed by atoms with E-state index in [4.69, 9.17) is 0 Å². The molecule has 0 aliphatic carbocycles. The van der Waals surface area contributed by atoms with Gasteiger partial charge in [0, 0.05) is 12.3 Å². The van der Waals surface area contributed by atoms with Crippen LogP contribution < -0.4 is 0 Å². The summed E-state index contributed by atoms with van der Waals surface area (Å²) in [5, 5.41) is 0. The molecule has 1 aromatic carbocycles. The van der Waals surface area contributed by atoms with Crippen LogP contribution in [-0.4, -0.2) is 12.3 Å². The van der Waals surface area contributed by atoms with Crippen molar-refractivity contribution in [1.29, 1.82) is 0 Å². The Bertz CT molecular complexity index is 494. The molecule has 1 heteroatoms. The summed E-state index contributed by atoms with van der Waals surface area (Å²) in [7, 11) is 0. The maximum Gasteiger partial charge on any atom is 0.0392 e. The molecule has 1 aromatic rings. The highest BCUT2D eigenvalue weighted by atomic mass is 14.7. The second-order valence-corrected chi connectivity index (χ2v) is 6.27. The molecule has 0 saturated carbocycles. The topological polar surface area (TPSA) is 12.4 Å². The highest BCUT2D eigenvalue weighted by Crippen LogP contribution is 2.10. The van der Waals surface area contributed by atoms with Gasteiger partial charge in [0.15, 0.2) is 0 Å². The van der Waals surface area contributed by atoms with Crippen molar-refractivity contribution in [2.24, 2.45) is 4.99 Å². The van der Waals surface area contributed by atoms with Crippen LogP contribution in [0.3, 0.4) is 0 Å². The van der Waals surface area contributed by atoms with E-state index in [0.29, 0.717) is 0 Å². The number of rotatable bonds is 11. The summed E-state index contributed by atoms with van der Waals surface area (Å²) in [5.74, 6) is 0. The molecule has 23 heavy (non-hydrogen) atoms. The van der Waals surface area contributed by atoms with Gasteiger partial charge in [0.25, 0.3) is 0 Å². The average Bonchev–Trinajstić information content (AvgIpc) is 2.54. The molecule has 0 unspecified atom stereocenters. The second kappa shape index (κ2) is 12.9. The highest BCUT2D eigenvalue weighted by molar-refractivity contribution is 5.93. The normalized spacial score (nSPS) is 13.0. The summed E-state index contributed by atoms with van der Waals surface area (Å²) < 4.78 is 0. The Balaban J connectivity index is 2.00. The quantitative estimate of drug-likeness (QED) is 0.249. The molecule has 0 bridgehead atoms. The van der Waals surface area contributed by atoms with E-state index in [1.54, 1.807) is 0 Å². The molecule has 0 aromatic heterocycles. The van der Waals surface area contributed by atoms with Gasteiger partial charge in [-0.25, -0.2) is 0 Å². The fraction of sp³-hybridized carbons (Fsp3) is 0.500. The van der Waals surface area contributed by atoms with E-state index in [0.717, 1.165) is 12.3 Å². The Kier molecular flexibility index (Phi) is 10.9. The van der Waals surface area contributed by atoms with Gasteiger partial charge in [-0.2, -0.15) is 0 Å². The fourth-order valence-electron chi connectivity index (χ4n) is 2.73. The fourth-order valence-corrected chi connectivity index (χ4v) is 2.73. The summed E-state index contributed by atoms with van der Waals surface area (Å²) >= 11 is 0. The summed E-state index contributed by atoms with van der Waals surface area (Å²) in [4.78, 5) is 4.63. The minimum absolute atomic E-state index is 0.968. The molecule has 0 aliphatic heterocycles. The number of allylic oxidation sites excluding steroid dienone is 4. The van der Waals surface area contributed by atoms with Crippen molar-refractivity contribution in [3.63, 3.8) is 0 Å². The van der Waals surface area contributed by atoms with Crippen LogP contribution in [0.2, 0.25) is 0 Å². The number of nitrogens with zero attached hydrogens (tertiary/aromatic N) is 1. The number of aryl methyl sites for hydroxylation is 1. The van der Waals surface area contributed by atoms with Crippen LogP contribution in [0, 0.1) is 0 Å². The molecule has 0 amide bonds. The zero-order valence-corrected chi connectivity index (χ0v) is 15.2. The first-order valence-electron chi connectivity index (χ1n) is 9.08. The van der Waals surface area contributed by atoms with Crippen LogP contribution in [0.15, 0.2) is 59.1 Å². The van der Waals surface area contributed by atoms with Crippen molar-refractivity contribution < 1.29 is 0 Å². The maximum absolute atomic E-state index is 4.63. The van der Waals surface area contributed by atoms with Crippen LogP contribution in [0.5, 0.6) is 0 Å². The van der Waals surface area contributed by atoms with Crippen LogP contribution in [0.25, 0.3) is 0 Å². The number of aliphatic imine (C=N–C) groups is 1. The number of benzene rings is 1. The van der Waals surface area contributed by atoms with E-state index in [9.17, 15) is 0 Å². The average molecular weight is 312 g/mol. The van der Waals surface area contributed by atoms with Gasteiger partial charge >= 0.3 is 0 Å². The Morgan fingerprint density at radius 3 is 2.26 bits per heavy atom. The monoisotopic (exact) mass is 311 g/mol. The SMILES string of the molecule is C\C=C/C(C)=C\C(C)=N\CCCCCCCCc1ccccc1. The van der Waals surface area contributed by atoms with Gasteiger partial charge < -0.3 is 0 Å². The van der Waals surface area contributed by atoms with Crippen molar-refractivity contribution in [3.8, 4) is 0 Å². The van der Waals surface area contributed by atoms with Gasteiger partial charge in [0.2, 0.25) is 0 Å². The smallest absolute Gasteiger partial charge is 0.0392 e. The van der Waals surface area contributed by atoms with E-state index < -0.39 is 0 Å². The zero-order valence-electron chi connectivity index (χ0n) is 15.2. The van der Waals surface area contributed by atoms with Crippen molar-refractivity contribution in [3.05, 3.63) is 59.7 Å². The molecule has 0 radical (unpaired) electrons. The first-order chi connectivity index (χ1) is 11.2. The highest BCUT2D eigenvalue weighted by Gasteiger charge is 1.94. The third-order valence-corrected chi connectivity index (χ3v) is 3.94. The predicted molar refractivity (Wildman–Crippen MR) is 104 cm³/mol. The van der Waals surface area contributed by atoms with Crippen molar-refractivity contribution >= 4 is 5.71 Å². The number of unbranched alkanes of at least 4 members (excludes halogenated alkanes) is 5. The molecule has 0 heterocycles. The molecule has 126 valence electrons. The first-order valence-corrected chi connectivity index (χ1v) is 9.08. The molecule has 1 rings (SSSR count). The number of hydrogen-bond acceptors (Lipinski definition) is 1. The van der Waals surface area contributed by atoms with Gasteiger partial charge in [-0.3, -0.25) is 4.99 Å². The van der Waals surface area contributed by atoms with Gasteiger partial charge in [-0.15, -0.1) is 0 Å². The molecular weight excluding hydrogens is 278 g/mol. The summed E-state index contributed by atoms with van der Waals surface area (Å²) in [6.45, 7) is 7.23. The molecule has 0 atom stereocenters. The summed E-state index contributed by atoms with van der Waals surface area (Å²) in [5.41, 5.74) is 3.88. The second-order valence-electron chi connectivity index (χ2n) is 6.27. The first kappa shape index (κ1) is 19.4.